The third-order valence-electron chi connectivity index (χ3n) is 4.41. The zero-order valence-electron chi connectivity index (χ0n) is 12.1. The van der Waals surface area contributed by atoms with Crippen molar-refractivity contribution in [2.45, 2.75) is 17.4 Å². The van der Waals surface area contributed by atoms with Crippen molar-refractivity contribution in [2.24, 2.45) is 5.92 Å². The van der Waals surface area contributed by atoms with E-state index in [0.717, 1.165) is 25.6 Å². The standard InChI is InChI=1S/C14H19FN2O3S/c1-16-8-10-5-6-17(13(10)9-16)21(18,19)11-3-4-14(20-2)12(15)7-11/h3-4,7,10,13H,5-6,8-9H2,1-2H3/t10-,13+/m1/s1. The Morgan fingerprint density at radius 1 is 1.33 bits per heavy atom. The lowest BCUT2D eigenvalue weighted by Crippen LogP contribution is -2.39. The maximum Gasteiger partial charge on any atom is 0.243 e. The summed E-state index contributed by atoms with van der Waals surface area (Å²) in [7, 11) is -0.303. The SMILES string of the molecule is COc1ccc(S(=O)(=O)N2CC[C@@H]3CN(C)C[C@@H]32)cc1F. The maximum absolute atomic E-state index is 13.8. The van der Waals surface area contributed by atoms with Crippen LogP contribution in [0.15, 0.2) is 23.1 Å². The van der Waals surface area contributed by atoms with Crippen LogP contribution < -0.4 is 4.74 Å². The molecule has 2 heterocycles. The second-order valence-corrected chi connectivity index (χ2v) is 7.64. The van der Waals surface area contributed by atoms with Gasteiger partial charge in [-0.1, -0.05) is 0 Å². The smallest absolute Gasteiger partial charge is 0.243 e. The molecule has 0 amide bonds. The molecule has 0 bridgehead atoms. The van der Waals surface area contributed by atoms with E-state index in [-0.39, 0.29) is 16.7 Å². The molecule has 2 aliphatic rings. The van der Waals surface area contributed by atoms with Crippen LogP contribution in [0.2, 0.25) is 0 Å². The summed E-state index contributed by atoms with van der Waals surface area (Å²) in [5.41, 5.74) is 0. The van der Waals surface area contributed by atoms with Gasteiger partial charge >= 0.3 is 0 Å². The Bertz CT molecular complexity index is 650. The summed E-state index contributed by atoms with van der Waals surface area (Å²) >= 11 is 0. The lowest BCUT2D eigenvalue weighted by molar-refractivity contribution is 0.337. The number of fused-ring (bicyclic) bond motifs is 1. The molecule has 1 aromatic carbocycles. The van der Waals surface area contributed by atoms with Crippen molar-refractivity contribution in [1.29, 1.82) is 0 Å². The molecular formula is C14H19FN2O3S. The fraction of sp³-hybridized carbons (Fsp3) is 0.571. The number of likely N-dealkylation sites (tertiary alicyclic amines) is 1. The average molecular weight is 314 g/mol. The Kier molecular flexibility index (Phi) is 3.67. The van der Waals surface area contributed by atoms with Crippen molar-refractivity contribution in [1.82, 2.24) is 9.21 Å². The number of hydrogen-bond donors (Lipinski definition) is 0. The second kappa shape index (κ2) is 5.23. The zero-order valence-corrected chi connectivity index (χ0v) is 12.9. The van der Waals surface area contributed by atoms with Crippen LogP contribution in [-0.2, 0) is 10.0 Å². The molecule has 1 aromatic rings. The summed E-state index contributed by atoms with van der Waals surface area (Å²) in [6, 6.07) is 3.81. The van der Waals surface area contributed by atoms with Gasteiger partial charge in [0, 0.05) is 25.7 Å². The minimum absolute atomic E-state index is 0.00370. The van der Waals surface area contributed by atoms with Gasteiger partial charge in [0.05, 0.1) is 12.0 Å². The number of rotatable bonds is 3. The summed E-state index contributed by atoms with van der Waals surface area (Å²) in [4.78, 5) is 2.14. The number of likely N-dealkylation sites (N-methyl/N-ethyl adjacent to an activating group) is 1. The van der Waals surface area contributed by atoms with Gasteiger partial charge in [0.1, 0.15) is 0 Å². The fourth-order valence-corrected chi connectivity index (χ4v) is 5.08. The molecule has 0 radical (unpaired) electrons. The highest BCUT2D eigenvalue weighted by Gasteiger charge is 2.45. The fourth-order valence-electron chi connectivity index (χ4n) is 3.38. The first-order valence-corrected chi connectivity index (χ1v) is 8.41. The topological polar surface area (TPSA) is 49.9 Å². The Morgan fingerprint density at radius 2 is 2.10 bits per heavy atom. The Morgan fingerprint density at radius 3 is 2.76 bits per heavy atom. The molecule has 116 valence electrons. The first kappa shape index (κ1) is 14.7. The number of hydrogen-bond acceptors (Lipinski definition) is 4. The number of methoxy groups -OCH3 is 1. The number of sulfonamides is 1. The van der Waals surface area contributed by atoms with E-state index < -0.39 is 15.8 Å². The molecule has 3 rings (SSSR count). The third kappa shape index (κ3) is 2.43. The highest BCUT2D eigenvalue weighted by atomic mass is 32.2. The molecule has 0 unspecified atom stereocenters. The second-order valence-electron chi connectivity index (χ2n) is 5.75. The summed E-state index contributed by atoms with van der Waals surface area (Å²) in [6.07, 6.45) is 0.868. The molecule has 2 fully saturated rings. The number of nitrogens with zero attached hydrogens (tertiary/aromatic N) is 2. The lowest BCUT2D eigenvalue weighted by atomic mass is 10.1. The van der Waals surface area contributed by atoms with Crippen LogP contribution in [0, 0.1) is 11.7 Å². The first-order chi connectivity index (χ1) is 9.93. The van der Waals surface area contributed by atoms with Crippen LogP contribution in [0.1, 0.15) is 6.42 Å². The first-order valence-electron chi connectivity index (χ1n) is 6.97. The highest BCUT2D eigenvalue weighted by Crippen LogP contribution is 2.35. The van der Waals surface area contributed by atoms with Gasteiger partial charge in [-0.25, -0.2) is 12.8 Å². The third-order valence-corrected chi connectivity index (χ3v) is 6.33. The van der Waals surface area contributed by atoms with Crippen molar-refractivity contribution < 1.29 is 17.5 Å². The van der Waals surface area contributed by atoms with Crippen molar-refractivity contribution in [3.8, 4) is 5.75 Å². The molecule has 2 atom stereocenters. The molecule has 2 aliphatic heterocycles. The van der Waals surface area contributed by atoms with Crippen LogP contribution in [-0.4, -0.2) is 57.5 Å². The Balaban J connectivity index is 1.92. The number of benzene rings is 1. The molecule has 2 saturated heterocycles. The summed E-state index contributed by atoms with van der Waals surface area (Å²) in [5.74, 6) is -0.223. The number of ether oxygens (including phenoxy) is 1. The Labute approximate surface area is 124 Å². The van der Waals surface area contributed by atoms with Crippen molar-refractivity contribution in [3.63, 3.8) is 0 Å². The van der Waals surface area contributed by atoms with Gasteiger partial charge in [-0.05, 0) is 37.6 Å². The molecular weight excluding hydrogens is 295 g/mol. The van der Waals surface area contributed by atoms with E-state index in [0.29, 0.717) is 12.5 Å². The van der Waals surface area contributed by atoms with E-state index in [2.05, 4.69) is 4.90 Å². The highest BCUT2D eigenvalue weighted by molar-refractivity contribution is 7.89. The molecule has 0 aromatic heterocycles. The predicted molar refractivity (Wildman–Crippen MR) is 76.2 cm³/mol. The zero-order chi connectivity index (χ0) is 15.2. The van der Waals surface area contributed by atoms with E-state index in [1.807, 2.05) is 7.05 Å². The molecule has 7 heteroatoms. The molecule has 0 spiro atoms. The quantitative estimate of drug-likeness (QED) is 0.840. The summed E-state index contributed by atoms with van der Waals surface area (Å²) in [5, 5.41) is 0. The van der Waals surface area contributed by atoms with E-state index >= 15 is 0 Å². The monoisotopic (exact) mass is 314 g/mol. The lowest BCUT2D eigenvalue weighted by Gasteiger charge is -2.23. The van der Waals surface area contributed by atoms with E-state index in [1.165, 1.54) is 23.5 Å². The van der Waals surface area contributed by atoms with Gasteiger partial charge in [-0.3, -0.25) is 0 Å². The van der Waals surface area contributed by atoms with E-state index in [1.54, 1.807) is 0 Å². The van der Waals surface area contributed by atoms with Gasteiger partial charge in [0.15, 0.2) is 11.6 Å². The minimum atomic E-state index is -3.65. The predicted octanol–water partition coefficient (Wildman–Crippen LogP) is 1.16. The molecule has 0 saturated carbocycles. The van der Waals surface area contributed by atoms with Crippen LogP contribution >= 0.6 is 0 Å². The normalized spacial score (nSPS) is 27.0. The summed E-state index contributed by atoms with van der Waals surface area (Å²) < 4.78 is 45.6. The number of halogens is 1. The van der Waals surface area contributed by atoms with Crippen molar-refractivity contribution in [2.75, 3.05) is 33.8 Å². The van der Waals surface area contributed by atoms with Crippen LogP contribution in [0.5, 0.6) is 5.75 Å². The minimum Gasteiger partial charge on any atom is -0.494 e. The largest absolute Gasteiger partial charge is 0.494 e. The van der Waals surface area contributed by atoms with Crippen LogP contribution in [0.3, 0.4) is 0 Å². The molecule has 5 nitrogen and oxygen atoms in total. The van der Waals surface area contributed by atoms with Crippen LogP contribution in [0.4, 0.5) is 4.39 Å². The van der Waals surface area contributed by atoms with Gasteiger partial charge in [-0.2, -0.15) is 4.31 Å². The molecule has 0 N–H and O–H groups in total. The Hall–Kier alpha value is -1.18. The van der Waals surface area contributed by atoms with Gasteiger partial charge in [0.2, 0.25) is 10.0 Å². The van der Waals surface area contributed by atoms with Crippen molar-refractivity contribution in [3.05, 3.63) is 24.0 Å². The van der Waals surface area contributed by atoms with Crippen LogP contribution in [0.25, 0.3) is 0 Å². The summed E-state index contributed by atoms with van der Waals surface area (Å²) in [6.45, 7) is 2.18. The maximum atomic E-state index is 13.8. The molecule has 0 aliphatic carbocycles. The average Bonchev–Trinajstić information content (AvgIpc) is 2.97. The van der Waals surface area contributed by atoms with Gasteiger partial charge in [0.25, 0.3) is 0 Å². The molecule has 21 heavy (non-hydrogen) atoms. The van der Waals surface area contributed by atoms with Gasteiger partial charge in [-0.15, -0.1) is 0 Å². The van der Waals surface area contributed by atoms with Gasteiger partial charge < -0.3 is 9.64 Å². The van der Waals surface area contributed by atoms with E-state index in [9.17, 15) is 12.8 Å². The van der Waals surface area contributed by atoms with Crippen molar-refractivity contribution >= 4 is 10.0 Å². The van der Waals surface area contributed by atoms with E-state index in [4.69, 9.17) is 4.74 Å².